The summed E-state index contributed by atoms with van der Waals surface area (Å²) in [5, 5.41) is 9.75. The minimum Gasteiger partial charge on any atom is -0.396 e. The molecule has 0 bridgehead atoms. The Morgan fingerprint density at radius 2 is 1.82 bits per heavy atom. The van der Waals surface area contributed by atoms with Crippen molar-refractivity contribution in [2.75, 3.05) is 6.56 Å². The summed E-state index contributed by atoms with van der Waals surface area (Å²) < 4.78 is 31.0. The van der Waals surface area contributed by atoms with Crippen LogP contribution in [0.4, 0.5) is 0 Å². The highest BCUT2D eigenvalue weighted by molar-refractivity contribution is 5.09. The molecule has 0 heterocycles. The monoisotopic (exact) mass is 392 g/mol. The van der Waals surface area contributed by atoms with Crippen molar-refractivity contribution in [2.45, 2.75) is 111 Å². The van der Waals surface area contributed by atoms with Crippen LogP contribution in [-0.2, 0) is 0 Å². The van der Waals surface area contributed by atoms with Gasteiger partial charge in [-0.3, -0.25) is 0 Å². The molecule has 9 atom stereocenters. The summed E-state index contributed by atoms with van der Waals surface area (Å²) in [6.45, 7) is 4.64. The molecule has 4 saturated carbocycles. The molecule has 0 spiro atoms. The number of aliphatic hydroxyl groups is 1. The highest BCUT2D eigenvalue weighted by atomic mass is 16.3. The highest BCUT2D eigenvalue weighted by Crippen LogP contribution is 2.68. The van der Waals surface area contributed by atoms with Crippen LogP contribution in [0.2, 0.25) is 0 Å². The van der Waals surface area contributed by atoms with E-state index in [4.69, 9.17) is 5.48 Å². The standard InChI is InChI=1S/C27H48O/c1-19(18-28)8-7-9-20(2)23-13-14-24-22-12-11-21-10-5-6-16-26(21,3)25(22)15-17-27(23,24)4/h19-25,28H,5-18H2,1-4H3/t19?,20-,21?,22+,23-,24+,25+,26+,27-/m1/s1/i1D,18D2,19D. The van der Waals surface area contributed by atoms with E-state index in [0.29, 0.717) is 16.7 Å². The molecule has 0 saturated heterocycles. The minimum atomic E-state index is -2.60. The Kier molecular flexibility index (Phi) is 4.89. The molecule has 162 valence electrons. The Hall–Kier alpha value is -0.0400. The smallest absolute Gasteiger partial charge is 0.0566 e. The third-order valence-electron chi connectivity index (χ3n) is 10.6. The van der Waals surface area contributed by atoms with Crippen molar-refractivity contribution in [3.8, 4) is 0 Å². The van der Waals surface area contributed by atoms with Crippen LogP contribution in [0.25, 0.3) is 0 Å². The summed E-state index contributed by atoms with van der Waals surface area (Å²) in [5.41, 5.74) is 1.04. The molecular weight excluding hydrogens is 340 g/mol. The van der Waals surface area contributed by atoms with Gasteiger partial charge in [0, 0.05) is 9.30 Å². The predicted octanol–water partition coefficient (Wildman–Crippen LogP) is 7.47. The summed E-state index contributed by atoms with van der Waals surface area (Å²) in [6.07, 6.45) is 16.3. The highest BCUT2D eigenvalue weighted by Gasteiger charge is 2.59. The van der Waals surface area contributed by atoms with E-state index in [1.807, 2.05) is 0 Å². The third kappa shape index (κ3) is 3.50. The summed E-state index contributed by atoms with van der Waals surface area (Å²) in [6, 6.07) is 0. The van der Waals surface area contributed by atoms with Gasteiger partial charge in [0.2, 0.25) is 0 Å². The molecule has 4 fully saturated rings. The van der Waals surface area contributed by atoms with Crippen molar-refractivity contribution in [1.82, 2.24) is 0 Å². The van der Waals surface area contributed by atoms with Crippen molar-refractivity contribution < 1.29 is 10.6 Å². The van der Waals surface area contributed by atoms with Gasteiger partial charge in [0.25, 0.3) is 0 Å². The Labute approximate surface area is 181 Å². The lowest BCUT2D eigenvalue weighted by molar-refractivity contribution is -0.114. The van der Waals surface area contributed by atoms with Gasteiger partial charge in [-0.1, -0.05) is 53.4 Å². The Bertz CT molecular complexity index is 665. The summed E-state index contributed by atoms with van der Waals surface area (Å²) in [4.78, 5) is 0. The third-order valence-corrected chi connectivity index (χ3v) is 10.6. The molecule has 0 aromatic carbocycles. The van der Waals surface area contributed by atoms with E-state index in [-0.39, 0.29) is 6.42 Å². The zero-order valence-electron chi connectivity index (χ0n) is 22.8. The van der Waals surface area contributed by atoms with Crippen molar-refractivity contribution in [3.63, 3.8) is 0 Å². The van der Waals surface area contributed by atoms with Crippen molar-refractivity contribution in [1.29, 1.82) is 0 Å². The fourth-order valence-corrected chi connectivity index (χ4v) is 9.16. The van der Waals surface area contributed by atoms with Crippen molar-refractivity contribution in [2.24, 2.45) is 52.2 Å². The molecule has 0 radical (unpaired) electrons. The SMILES string of the molecule is [2H]CC([2H])(CCC[C@@H](C)[C@H]1CC[C@H]2[C@@H]3CCC4CCCC[C@]4(C)[C@H]3CC[C@]12C)C([2H])([2H])O. The van der Waals surface area contributed by atoms with E-state index in [1.165, 1.54) is 64.2 Å². The largest absolute Gasteiger partial charge is 0.396 e. The second kappa shape index (κ2) is 8.24. The van der Waals surface area contributed by atoms with Crippen LogP contribution in [0, 0.1) is 52.2 Å². The maximum absolute atomic E-state index is 9.75. The molecule has 2 unspecified atom stereocenters. The minimum absolute atomic E-state index is 0.266. The Morgan fingerprint density at radius 1 is 1.00 bits per heavy atom. The number of rotatable bonds is 6. The molecule has 0 amide bonds. The van der Waals surface area contributed by atoms with Crippen LogP contribution in [0.3, 0.4) is 0 Å². The van der Waals surface area contributed by atoms with Gasteiger partial charge in [0.05, 0.1) is 2.74 Å². The van der Waals surface area contributed by atoms with Gasteiger partial charge in [0.15, 0.2) is 0 Å². The van der Waals surface area contributed by atoms with E-state index < -0.39 is 19.4 Å². The van der Waals surface area contributed by atoms with Gasteiger partial charge in [0.1, 0.15) is 0 Å². The summed E-state index contributed by atoms with van der Waals surface area (Å²) >= 11 is 0. The summed E-state index contributed by atoms with van der Waals surface area (Å²) in [5.74, 6) is 3.32. The van der Waals surface area contributed by atoms with E-state index in [9.17, 15) is 5.11 Å². The zero-order valence-corrected chi connectivity index (χ0v) is 18.8. The molecular formula is C27H48O. The number of fused-ring (bicyclic) bond motifs is 5. The molecule has 0 aromatic heterocycles. The molecule has 1 N–H and O–H groups in total. The average molecular weight is 393 g/mol. The van der Waals surface area contributed by atoms with Crippen LogP contribution in [-0.4, -0.2) is 11.7 Å². The lowest BCUT2D eigenvalue weighted by Crippen LogP contribution is -2.53. The second-order valence-electron chi connectivity index (χ2n) is 11.7. The lowest BCUT2D eigenvalue weighted by Gasteiger charge is -2.61. The van der Waals surface area contributed by atoms with E-state index in [0.717, 1.165) is 42.4 Å². The molecule has 0 aromatic rings. The maximum Gasteiger partial charge on any atom is 0.0566 e. The second-order valence-corrected chi connectivity index (χ2v) is 11.7. The number of hydrogen-bond donors (Lipinski definition) is 1. The van der Waals surface area contributed by atoms with Gasteiger partial charge in [-0.2, -0.15) is 0 Å². The molecule has 4 rings (SSSR count). The van der Waals surface area contributed by atoms with Gasteiger partial charge in [-0.05, 0) is 110 Å². The fraction of sp³-hybridized carbons (Fsp3) is 1.00. The molecule has 0 aliphatic heterocycles. The van der Waals surface area contributed by atoms with Crippen LogP contribution >= 0.6 is 0 Å². The first-order valence-corrected chi connectivity index (χ1v) is 12.5. The quantitative estimate of drug-likeness (QED) is 0.497. The van der Waals surface area contributed by atoms with E-state index in [1.54, 1.807) is 0 Å². The first-order chi connectivity index (χ1) is 15.0. The van der Waals surface area contributed by atoms with Crippen molar-refractivity contribution in [3.05, 3.63) is 0 Å². The van der Waals surface area contributed by atoms with Crippen LogP contribution in [0.1, 0.15) is 117 Å². The van der Waals surface area contributed by atoms with Crippen LogP contribution in [0.5, 0.6) is 0 Å². The van der Waals surface area contributed by atoms with E-state index in [2.05, 4.69) is 20.8 Å². The molecule has 1 heteroatoms. The normalized spacial score (nSPS) is 51.4. The van der Waals surface area contributed by atoms with Gasteiger partial charge < -0.3 is 5.11 Å². The maximum atomic E-state index is 9.75. The van der Waals surface area contributed by atoms with Gasteiger partial charge in [-0.25, -0.2) is 0 Å². The molecule has 4 aliphatic carbocycles. The van der Waals surface area contributed by atoms with Gasteiger partial charge in [-0.15, -0.1) is 0 Å². The Morgan fingerprint density at radius 3 is 2.61 bits per heavy atom. The summed E-state index contributed by atoms with van der Waals surface area (Å²) in [7, 11) is 0. The van der Waals surface area contributed by atoms with E-state index >= 15 is 0 Å². The zero-order chi connectivity index (χ0) is 23.4. The fourth-order valence-electron chi connectivity index (χ4n) is 9.16. The average Bonchev–Trinajstić information content (AvgIpc) is 3.09. The van der Waals surface area contributed by atoms with Crippen LogP contribution in [0.15, 0.2) is 0 Å². The Balaban J connectivity index is 1.40. The topological polar surface area (TPSA) is 20.2 Å². The first-order valence-electron chi connectivity index (χ1n) is 14.7. The van der Waals surface area contributed by atoms with Gasteiger partial charge >= 0.3 is 0 Å². The van der Waals surface area contributed by atoms with Crippen LogP contribution < -0.4 is 0 Å². The predicted molar refractivity (Wildman–Crippen MR) is 119 cm³/mol. The molecule has 4 aliphatic rings. The molecule has 1 nitrogen and oxygen atoms in total. The number of hydrogen-bond acceptors (Lipinski definition) is 1. The lowest BCUT2D eigenvalue weighted by atomic mass is 9.44. The molecule has 28 heavy (non-hydrogen) atoms. The van der Waals surface area contributed by atoms with Crippen molar-refractivity contribution >= 4 is 0 Å². The first kappa shape index (κ1) is 16.6.